The van der Waals surface area contributed by atoms with Crippen LogP contribution in [0.2, 0.25) is 0 Å². The van der Waals surface area contributed by atoms with Crippen LogP contribution in [0.15, 0.2) is 36.5 Å². The van der Waals surface area contributed by atoms with Crippen molar-refractivity contribution in [1.29, 1.82) is 0 Å². The maximum Gasteiger partial charge on any atom is 0.0547 e. The van der Waals surface area contributed by atoms with Gasteiger partial charge in [-0.3, -0.25) is 4.98 Å². The number of nitrogens with zero attached hydrogens (tertiary/aromatic N) is 1. The Balaban J connectivity index is 2.41. The van der Waals surface area contributed by atoms with Crippen LogP contribution in [0.1, 0.15) is 16.8 Å². The van der Waals surface area contributed by atoms with E-state index >= 15 is 0 Å². The number of hydrogen-bond acceptors (Lipinski definition) is 2. The highest BCUT2D eigenvalue weighted by molar-refractivity contribution is 5.65. The second kappa shape index (κ2) is 5.11. The molecule has 17 heavy (non-hydrogen) atoms. The average molecular weight is 226 g/mol. The molecule has 0 bridgehead atoms. The maximum atomic E-state index is 4.34. The smallest absolute Gasteiger partial charge is 0.0547 e. The first-order chi connectivity index (χ1) is 8.19. The van der Waals surface area contributed by atoms with E-state index < -0.39 is 0 Å². The van der Waals surface area contributed by atoms with Gasteiger partial charge in [0.2, 0.25) is 0 Å². The SMILES string of the molecule is CNCc1cc(-c2cc(C)cc(C)c2)ccn1. The maximum absolute atomic E-state index is 4.34. The largest absolute Gasteiger partial charge is 0.314 e. The van der Waals surface area contributed by atoms with E-state index in [4.69, 9.17) is 0 Å². The van der Waals surface area contributed by atoms with Gasteiger partial charge in [0.25, 0.3) is 0 Å². The standard InChI is InChI=1S/C15H18N2/c1-11-6-12(2)8-14(7-11)13-4-5-17-15(9-13)10-16-3/h4-9,16H,10H2,1-3H3. The lowest BCUT2D eigenvalue weighted by Gasteiger charge is -2.07. The lowest BCUT2D eigenvalue weighted by Crippen LogP contribution is -2.06. The summed E-state index contributed by atoms with van der Waals surface area (Å²) in [5.74, 6) is 0. The normalized spacial score (nSPS) is 10.5. The molecule has 2 aromatic rings. The third-order valence-corrected chi connectivity index (χ3v) is 2.73. The summed E-state index contributed by atoms with van der Waals surface area (Å²) >= 11 is 0. The number of aromatic nitrogens is 1. The second-order valence-corrected chi connectivity index (χ2v) is 4.44. The van der Waals surface area contributed by atoms with Gasteiger partial charge in [0.1, 0.15) is 0 Å². The predicted octanol–water partition coefficient (Wildman–Crippen LogP) is 3.08. The van der Waals surface area contributed by atoms with Crippen LogP contribution in [0.5, 0.6) is 0 Å². The zero-order valence-electron chi connectivity index (χ0n) is 10.6. The van der Waals surface area contributed by atoms with E-state index in [1.165, 1.54) is 22.3 Å². The van der Waals surface area contributed by atoms with Crippen molar-refractivity contribution in [2.24, 2.45) is 0 Å². The Morgan fingerprint density at radius 2 is 1.71 bits per heavy atom. The molecule has 1 aromatic carbocycles. The first-order valence-electron chi connectivity index (χ1n) is 5.87. The monoisotopic (exact) mass is 226 g/mol. The lowest BCUT2D eigenvalue weighted by atomic mass is 10.0. The van der Waals surface area contributed by atoms with Crippen molar-refractivity contribution in [3.05, 3.63) is 53.3 Å². The van der Waals surface area contributed by atoms with Crippen molar-refractivity contribution in [2.75, 3.05) is 7.05 Å². The van der Waals surface area contributed by atoms with Crippen LogP contribution >= 0.6 is 0 Å². The van der Waals surface area contributed by atoms with Gasteiger partial charge >= 0.3 is 0 Å². The van der Waals surface area contributed by atoms with Crippen LogP contribution in [0.3, 0.4) is 0 Å². The minimum absolute atomic E-state index is 0.804. The molecule has 0 spiro atoms. The number of hydrogen-bond donors (Lipinski definition) is 1. The number of nitrogens with one attached hydrogen (secondary N) is 1. The molecule has 0 aliphatic carbocycles. The molecule has 0 aliphatic heterocycles. The summed E-state index contributed by atoms with van der Waals surface area (Å²) in [7, 11) is 1.94. The van der Waals surface area contributed by atoms with Crippen molar-refractivity contribution >= 4 is 0 Å². The number of pyridine rings is 1. The van der Waals surface area contributed by atoms with Crippen molar-refractivity contribution in [2.45, 2.75) is 20.4 Å². The van der Waals surface area contributed by atoms with Gasteiger partial charge in [-0.15, -0.1) is 0 Å². The van der Waals surface area contributed by atoms with E-state index in [0.717, 1.165) is 12.2 Å². The summed E-state index contributed by atoms with van der Waals surface area (Å²) in [6.07, 6.45) is 1.87. The molecule has 1 aromatic heterocycles. The summed E-state index contributed by atoms with van der Waals surface area (Å²) in [6.45, 7) is 5.07. The molecule has 0 radical (unpaired) electrons. The number of aryl methyl sites for hydroxylation is 2. The molecule has 0 saturated heterocycles. The van der Waals surface area contributed by atoms with Gasteiger partial charge in [-0.2, -0.15) is 0 Å². The van der Waals surface area contributed by atoms with Crippen LogP contribution in [0, 0.1) is 13.8 Å². The summed E-state index contributed by atoms with van der Waals surface area (Å²) in [5, 5.41) is 3.12. The molecular weight excluding hydrogens is 208 g/mol. The van der Waals surface area contributed by atoms with Gasteiger partial charge in [-0.05, 0) is 44.2 Å². The molecule has 2 heteroatoms. The molecule has 0 amide bonds. The number of rotatable bonds is 3. The molecule has 0 aliphatic rings. The zero-order chi connectivity index (χ0) is 12.3. The van der Waals surface area contributed by atoms with Crippen LogP contribution in [0.25, 0.3) is 11.1 Å². The molecule has 1 N–H and O–H groups in total. The van der Waals surface area contributed by atoms with E-state index in [-0.39, 0.29) is 0 Å². The van der Waals surface area contributed by atoms with Crippen LogP contribution < -0.4 is 5.32 Å². The predicted molar refractivity (Wildman–Crippen MR) is 71.9 cm³/mol. The summed E-state index contributed by atoms with van der Waals surface area (Å²) in [4.78, 5) is 4.34. The Hall–Kier alpha value is -1.67. The van der Waals surface area contributed by atoms with Gasteiger partial charge in [0, 0.05) is 12.7 Å². The first kappa shape index (κ1) is 11.8. The minimum Gasteiger partial charge on any atom is -0.314 e. The van der Waals surface area contributed by atoms with Gasteiger partial charge in [0.15, 0.2) is 0 Å². The van der Waals surface area contributed by atoms with Gasteiger partial charge in [-0.25, -0.2) is 0 Å². The lowest BCUT2D eigenvalue weighted by molar-refractivity contribution is 0.791. The Kier molecular flexibility index (Phi) is 3.55. The molecule has 0 atom stereocenters. The first-order valence-corrected chi connectivity index (χ1v) is 5.87. The van der Waals surface area contributed by atoms with E-state index in [0.29, 0.717) is 0 Å². The molecular formula is C15H18N2. The topological polar surface area (TPSA) is 24.9 Å². The van der Waals surface area contributed by atoms with Gasteiger partial charge < -0.3 is 5.32 Å². The van der Waals surface area contributed by atoms with E-state index in [2.05, 4.69) is 54.5 Å². The highest BCUT2D eigenvalue weighted by Gasteiger charge is 2.01. The molecule has 2 nitrogen and oxygen atoms in total. The highest BCUT2D eigenvalue weighted by Crippen LogP contribution is 2.22. The van der Waals surface area contributed by atoms with Crippen molar-refractivity contribution in [1.82, 2.24) is 10.3 Å². The van der Waals surface area contributed by atoms with Crippen LogP contribution in [-0.2, 0) is 6.54 Å². The zero-order valence-corrected chi connectivity index (χ0v) is 10.6. The third kappa shape index (κ3) is 2.92. The fraction of sp³-hybridized carbons (Fsp3) is 0.267. The van der Waals surface area contributed by atoms with Crippen LogP contribution in [-0.4, -0.2) is 12.0 Å². The molecule has 0 saturated carbocycles. The molecule has 88 valence electrons. The molecule has 2 rings (SSSR count). The molecule has 0 fully saturated rings. The summed E-state index contributed by atoms with van der Waals surface area (Å²) < 4.78 is 0. The second-order valence-electron chi connectivity index (χ2n) is 4.44. The average Bonchev–Trinajstić information content (AvgIpc) is 2.28. The summed E-state index contributed by atoms with van der Waals surface area (Å²) in [6, 6.07) is 10.8. The molecule has 0 unspecified atom stereocenters. The number of benzene rings is 1. The minimum atomic E-state index is 0.804. The van der Waals surface area contributed by atoms with E-state index in [9.17, 15) is 0 Å². The van der Waals surface area contributed by atoms with Crippen LogP contribution in [0.4, 0.5) is 0 Å². The Bertz CT molecular complexity index is 498. The van der Waals surface area contributed by atoms with Gasteiger partial charge in [0.05, 0.1) is 5.69 Å². The fourth-order valence-corrected chi connectivity index (χ4v) is 2.08. The Labute approximate surface area is 103 Å². The van der Waals surface area contributed by atoms with Gasteiger partial charge in [-0.1, -0.05) is 29.3 Å². The van der Waals surface area contributed by atoms with E-state index in [1.54, 1.807) is 0 Å². The fourth-order valence-electron chi connectivity index (χ4n) is 2.08. The van der Waals surface area contributed by atoms with Crippen molar-refractivity contribution in [3.63, 3.8) is 0 Å². The Morgan fingerprint density at radius 3 is 2.35 bits per heavy atom. The van der Waals surface area contributed by atoms with E-state index in [1.807, 2.05) is 13.2 Å². The van der Waals surface area contributed by atoms with Crippen molar-refractivity contribution < 1.29 is 0 Å². The molecule has 1 heterocycles. The Morgan fingerprint density at radius 1 is 1.00 bits per heavy atom. The summed E-state index contributed by atoms with van der Waals surface area (Å²) in [5.41, 5.74) is 6.17. The highest BCUT2D eigenvalue weighted by atomic mass is 14.8. The quantitative estimate of drug-likeness (QED) is 0.870. The third-order valence-electron chi connectivity index (χ3n) is 2.73. The van der Waals surface area contributed by atoms with Crippen molar-refractivity contribution in [3.8, 4) is 11.1 Å².